The van der Waals surface area contributed by atoms with Crippen molar-refractivity contribution >= 4 is 0 Å². The van der Waals surface area contributed by atoms with Crippen molar-refractivity contribution in [3.8, 4) is 0 Å². The number of aromatic nitrogens is 2. The van der Waals surface area contributed by atoms with E-state index in [0.29, 0.717) is 6.04 Å². The first kappa shape index (κ1) is 13.3. The summed E-state index contributed by atoms with van der Waals surface area (Å²) >= 11 is 0. The average Bonchev–Trinajstić information content (AvgIpc) is 3.01. The highest BCUT2D eigenvalue weighted by molar-refractivity contribution is 5.34. The van der Waals surface area contributed by atoms with Crippen molar-refractivity contribution in [2.75, 3.05) is 6.54 Å². The number of fused-ring (bicyclic) bond motifs is 1. The number of hydrogen-bond donors (Lipinski definition) is 2. The molecule has 1 aliphatic rings. The zero-order valence-electron chi connectivity index (χ0n) is 11.7. The lowest BCUT2D eigenvalue weighted by Gasteiger charge is -2.14. The molecule has 0 saturated carbocycles. The van der Waals surface area contributed by atoms with Crippen molar-refractivity contribution in [2.45, 2.75) is 38.6 Å². The lowest BCUT2D eigenvalue weighted by molar-refractivity contribution is 0.517. The minimum absolute atomic E-state index is 0.133. The number of aryl methyl sites for hydroxylation is 3. The Balaban J connectivity index is 1.51. The van der Waals surface area contributed by atoms with E-state index in [1.165, 1.54) is 11.1 Å². The first-order chi connectivity index (χ1) is 9.74. The van der Waals surface area contributed by atoms with E-state index in [0.717, 1.165) is 43.5 Å². The van der Waals surface area contributed by atoms with E-state index in [-0.39, 0.29) is 5.82 Å². The van der Waals surface area contributed by atoms with Gasteiger partial charge in [0.25, 0.3) is 0 Å². The number of aromatic amines is 1. The Labute approximate surface area is 118 Å². The second kappa shape index (κ2) is 5.75. The third kappa shape index (κ3) is 2.75. The van der Waals surface area contributed by atoms with Gasteiger partial charge in [0.1, 0.15) is 5.82 Å². The maximum absolute atomic E-state index is 13.3. The van der Waals surface area contributed by atoms with E-state index in [9.17, 15) is 4.39 Å². The van der Waals surface area contributed by atoms with Gasteiger partial charge in [-0.2, -0.15) is 5.10 Å². The molecule has 0 aliphatic heterocycles. The monoisotopic (exact) mass is 273 g/mol. The van der Waals surface area contributed by atoms with Crippen LogP contribution in [0.3, 0.4) is 0 Å². The van der Waals surface area contributed by atoms with Gasteiger partial charge in [0.2, 0.25) is 0 Å². The Morgan fingerprint density at radius 2 is 2.35 bits per heavy atom. The predicted octanol–water partition coefficient (Wildman–Crippen LogP) is 3.07. The molecule has 4 heteroatoms. The van der Waals surface area contributed by atoms with Crippen LogP contribution in [0.5, 0.6) is 0 Å². The standard InChI is InChI=1S/C16H20FN3/c1-11-13(10-19-20-11)3-2-8-18-16-7-5-12-4-6-14(17)9-15(12)16/h4,6,9-10,16,18H,2-3,5,7-8H2,1H3,(H,19,20)/t16-/m1/s1. The molecule has 0 radical (unpaired) electrons. The van der Waals surface area contributed by atoms with Gasteiger partial charge in [0, 0.05) is 11.7 Å². The summed E-state index contributed by atoms with van der Waals surface area (Å²) in [5.74, 6) is -0.133. The van der Waals surface area contributed by atoms with E-state index in [1.807, 2.05) is 19.2 Å². The number of nitrogens with one attached hydrogen (secondary N) is 2. The molecule has 3 rings (SSSR count). The van der Waals surface area contributed by atoms with Crippen LogP contribution in [0.2, 0.25) is 0 Å². The van der Waals surface area contributed by atoms with E-state index >= 15 is 0 Å². The van der Waals surface area contributed by atoms with Crippen molar-refractivity contribution in [2.24, 2.45) is 0 Å². The molecular weight excluding hydrogens is 253 g/mol. The van der Waals surface area contributed by atoms with Gasteiger partial charge in [-0.05, 0) is 68.0 Å². The summed E-state index contributed by atoms with van der Waals surface area (Å²) in [6, 6.07) is 5.47. The molecule has 0 bridgehead atoms. The number of halogens is 1. The van der Waals surface area contributed by atoms with Gasteiger partial charge in [-0.3, -0.25) is 5.10 Å². The molecule has 20 heavy (non-hydrogen) atoms. The highest BCUT2D eigenvalue weighted by Crippen LogP contribution is 2.31. The molecule has 3 nitrogen and oxygen atoms in total. The van der Waals surface area contributed by atoms with Crippen molar-refractivity contribution in [3.63, 3.8) is 0 Å². The highest BCUT2D eigenvalue weighted by atomic mass is 19.1. The van der Waals surface area contributed by atoms with Gasteiger partial charge in [0.15, 0.2) is 0 Å². The first-order valence-corrected chi connectivity index (χ1v) is 7.24. The van der Waals surface area contributed by atoms with Crippen LogP contribution in [0, 0.1) is 12.7 Å². The largest absolute Gasteiger partial charge is 0.310 e. The Bertz CT molecular complexity index is 591. The summed E-state index contributed by atoms with van der Waals surface area (Å²) in [6.07, 6.45) is 6.12. The van der Waals surface area contributed by atoms with Gasteiger partial charge < -0.3 is 5.32 Å². The minimum atomic E-state index is -0.133. The summed E-state index contributed by atoms with van der Waals surface area (Å²) in [4.78, 5) is 0. The number of rotatable bonds is 5. The maximum Gasteiger partial charge on any atom is 0.123 e. The molecule has 1 heterocycles. The number of benzene rings is 1. The van der Waals surface area contributed by atoms with Crippen molar-refractivity contribution in [3.05, 3.63) is 52.6 Å². The average molecular weight is 273 g/mol. The molecule has 2 N–H and O–H groups in total. The fourth-order valence-electron chi connectivity index (χ4n) is 2.97. The van der Waals surface area contributed by atoms with Gasteiger partial charge in [0.05, 0.1) is 6.20 Å². The van der Waals surface area contributed by atoms with Crippen molar-refractivity contribution in [1.29, 1.82) is 0 Å². The second-order valence-corrected chi connectivity index (χ2v) is 5.51. The summed E-state index contributed by atoms with van der Waals surface area (Å²) in [6.45, 7) is 3.00. The molecule has 1 aliphatic carbocycles. The van der Waals surface area contributed by atoms with E-state index in [1.54, 1.807) is 12.1 Å². The molecule has 106 valence electrons. The van der Waals surface area contributed by atoms with E-state index in [2.05, 4.69) is 15.5 Å². The molecule has 0 saturated heterocycles. The van der Waals surface area contributed by atoms with E-state index < -0.39 is 0 Å². The van der Waals surface area contributed by atoms with Crippen molar-refractivity contribution in [1.82, 2.24) is 15.5 Å². The predicted molar refractivity (Wildman–Crippen MR) is 77.1 cm³/mol. The molecule has 1 aromatic carbocycles. The third-order valence-electron chi connectivity index (χ3n) is 4.13. The minimum Gasteiger partial charge on any atom is -0.310 e. The fraction of sp³-hybridized carbons (Fsp3) is 0.438. The Morgan fingerprint density at radius 1 is 1.45 bits per heavy atom. The topological polar surface area (TPSA) is 40.7 Å². The number of H-pyrrole nitrogens is 1. The summed E-state index contributed by atoms with van der Waals surface area (Å²) in [7, 11) is 0. The normalized spacial score (nSPS) is 17.4. The maximum atomic E-state index is 13.3. The smallest absolute Gasteiger partial charge is 0.123 e. The molecule has 0 amide bonds. The third-order valence-corrected chi connectivity index (χ3v) is 4.13. The highest BCUT2D eigenvalue weighted by Gasteiger charge is 2.22. The summed E-state index contributed by atoms with van der Waals surface area (Å²) in [5.41, 5.74) is 4.86. The molecular formula is C16H20FN3. The Kier molecular flexibility index (Phi) is 3.83. The lowest BCUT2D eigenvalue weighted by atomic mass is 10.1. The number of hydrogen-bond acceptors (Lipinski definition) is 2. The zero-order valence-corrected chi connectivity index (χ0v) is 11.7. The number of nitrogens with zero attached hydrogens (tertiary/aromatic N) is 1. The van der Waals surface area contributed by atoms with Gasteiger partial charge >= 0.3 is 0 Å². The van der Waals surface area contributed by atoms with Gasteiger partial charge in [-0.25, -0.2) is 4.39 Å². The summed E-state index contributed by atoms with van der Waals surface area (Å²) in [5, 5.41) is 10.5. The van der Waals surface area contributed by atoms with Gasteiger partial charge in [-0.1, -0.05) is 6.07 Å². The fourth-order valence-corrected chi connectivity index (χ4v) is 2.97. The van der Waals surface area contributed by atoms with Crippen LogP contribution in [-0.4, -0.2) is 16.7 Å². The molecule has 0 fully saturated rings. The zero-order chi connectivity index (χ0) is 13.9. The Hall–Kier alpha value is -1.68. The van der Waals surface area contributed by atoms with Crippen LogP contribution in [-0.2, 0) is 12.8 Å². The van der Waals surface area contributed by atoms with Gasteiger partial charge in [-0.15, -0.1) is 0 Å². The molecule has 0 spiro atoms. The Morgan fingerprint density at radius 3 is 3.15 bits per heavy atom. The second-order valence-electron chi connectivity index (χ2n) is 5.51. The van der Waals surface area contributed by atoms with E-state index in [4.69, 9.17) is 0 Å². The lowest BCUT2D eigenvalue weighted by Crippen LogP contribution is -2.21. The molecule has 1 atom stereocenters. The van der Waals surface area contributed by atoms with Crippen LogP contribution in [0.15, 0.2) is 24.4 Å². The molecule has 0 unspecified atom stereocenters. The van der Waals surface area contributed by atoms with Crippen LogP contribution >= 0.6 is 0 Å². The SMILES string of the molecule is Cc1[nH]ncc1CCCN[C@@H]1CCc2ccc(F)cc21. The molecule has 2 aromatic rings. The molecule has 1 aromatic heterocycles. The van der Waals surface area contributed by atoms with Crippen LogP contribution in [0.25, 0.3) is 0 Å². The van der Waals surface area contributed by atoms with Crippen molar-refractivity contribution < 1.29 is 4.39 Å². The van der Waals surface area contributed by atoms with Crippen LogP contribution < -0.4 is 5.32 Å². The quantitative estimate of drug-likeness (QED) is 0.822. The van der Waals surface area contributed by atoms with Crippen LogP contribution in [0.4, 0.5) is 4.39 Å². The van der Waals surface area contributed by atoms with Crippen LogP contribution in [0.1, 0.15) is 41.3 Å². The summed E-state index contributed by atoms with van der Waals surface area (Å²) < 4.78 is 13.3. The first-order valence-electron chi connectivity index (χ1n) is 7.24.